The van der Waals surface area contributed by atoms with Gasteiger partial charge in [-0.25, -0.2) is 9.97 Å². The van der Waals surface area contributed by atoms with E-state index in [1.165, 1.54) is 18.4 Å². The molecule has 0 unspecified atom stereocenters. The van der Waals surface area contributed by atoms with Crippen molar-refractivity contribution in [3.8, 4) is 0 Å². The molecule has 0 bridgehead atoms. The maximum Gasteiger partial charge on any atom is 0.433 e. The van der Waals surface area contributed by atoms with E-state index in [-0.39, 0.29) is 12.2 Å². The average molecular weight is 344 g/mol. The topological polar surface area (TPSA) is 75.2 Å². The smallest absolute Gasteiger partial charge is 0.332 e. The molecule has 122 valence electrons. The predicted molar refractivity (Wildman–Crippen MR) is 76.5 cm³/mol. The normalized spacial score (nSPS) is 11.1. The second kappa shape index (κ2) is 6.73. The molecular formula is C13H11F3N4O2S. The van der Waals surface area contributed by atoms with Crippen LogP contribution in [0.15, 0.2) is 29.2 Å². The summed E-state index contributed by atoms with van der Waals surface area (Å²) < 4.78 is 37.1. The minimum atomic E-state index is -4.56. The lowest BCUT2D eigenvalue weighted by atomic mass is 10.3. The van der Waals surface area contributed by atoms with E-state index < -0.39 is 23.7 Å². The zero-order valence-corrected chi connectivity index (χ0v) is 12.6. The van der Waals surface area contributed by atoms with Crippen LogP contribution in [0.5, 0.6) is 0 Å². The second-order valence-corrected chi connectivity index (χ2v) is 5.24. The lowest BCUT2D eigenvalue weighted by molar-refractivity contribution is -0.142. The highest BCUT2D eigenvalue weighted by molar-refractivity contribution is 7.07. The summed E-state index contributed by atoms with van der Waals surface area (Å²) in [6.07, 6.45) is -3.72. The van der Waals surface area contributed by atoms with Gasteiger partial charge in [0, 0.05) is 12.4 Å². The van der Waals surface area contributed by atoms with Gasteiger partial charge in [0.1, 0.15) is 5.69 Å². The molecule has 0 spiro atoms. The van der Waals surface area contributed by atoms with Crippen LogP contribution in [-0.2, 0) is 22.3 Å². The number of halogens is 3. The fourth-order valence-electron chi connectivity index (χ4n) is 1.62. The van der Waals surface area contributed by atoms with Gasteiger partial charge in [-0.2, -0.15) is 13.2 Å². The molecule has 2 heterocycles. The summed E-state index contributed by atoms with van der Waals surface area (Å²) >= 11 is 1.36. The van der Waals surface area contributed by atoms with Crippen molar-refractivity contribution >= 4 is 28.8 Å². The molecule has 0 saturated heterocycles. The summed E-state index contributed by atoms with van der Waals surface area (Å²) in [5.74, 6) is -1.80. The molecule has 0 aliphatic rings. The highest BCUT2D eigenvalue weighted by atomic mass is 32.1. The third-order valence-corrected chi connectivity index (χ3v) is 3.37. The van der Waals surface area contributed by atoms with Crippen LogP contribution < -0.4 is 5.32 Å². The van der Waals surface area contributed by atoms with Crippen molar-refractivity contribution in [2.45, 2.75) is 12.7 Å². The number of amides is 2. The minimum Gasteiger partial charge on any atom is -0.332 e. The van der Waals surface area contributed by atoms with Crippen LogP contribution in [0.3, 0.4) is 0 Å². The summed E-state index contributed by atoms with van der Waals surface area (Å²) in [6.45, 7) is 0.154. The molecule has 0 fully saturated rings. The van der Waals surface area contributed by atoms with Crippen LogP contribution in [0.25, 0.3) is 0 Å². The SMILES string of the molecule is CN(Cc1cscn1)C(=O)C(=O)Nc1ccc(C(F)(F)F)nc1. The van der Waals surface area contributed by atoms with E-state index in [1.807, 2.05) is 0 Å². The molecular weight excluding hydrogens is 333 g/mol. The molecule has 10 heteroatoms. The first-order valence-electron chi connectivity index (χ1n) is 6.24. The highest BCUT2D eigenvalue weighted by Crippen LogP contribution is 2.27. The van der Waals surface area contributed by atoms with E-state index in [4.69, 9.17) is 0 Å². The molecule has 0 aliphatic carbocycles. The van der Waals surface area contributed by atoms with Crippen molar-refractivity contribution in [2.24, 2.45) is 0 Å². The number of likely N-dealkylation sites (N-methyl/N-ethyl adjacent to an activating group) is 1. The number of aromatic nitrogens is 2. The molecule has 2 rings (SSSR count). The van der Waals surface area contributed by atoms with Crippen LogP contribution in [-0.4, -0.2) is 33.7 Å². The summed E-state index contributed by atoms with van der Waals surface area (Å²) in [5, 5.41) is 3.94. The number of carbonyl (C=O) groups excluding carboxylic acids is 2. The molecule has 2 amide bonds. The van der Waals surface area contributed by atoms with Crippen LogP contribution in [0, 0.1) is 0 Å². The molecule has 2 aromatic heterocycles. The Bertz CT molecular complexity index is 686. The number of hydrogen-bond donors (Lipinski definition) is 1. The van der Waals surface area contributed by atoms with E-state index in [9.17, 15) is 22.8 Å². The van der Waals surface area contributed by atoms with Crippen molar-refractivity contribution in [2.75, 3.05) is 12.4 Å². The van der Waals surface area contributed by atoms with Gasteiger partial charge < -0.3 is 10.2 Å². The van der Waals surface area contributed by atoms with Crippen molar-refractivity contribution in [1.82, 2.24) is 14.9 Å². The van der Waals surface area contributed by atoms with Gasteiger partial charge >= 0.3 is 18.0 Å². The van der Waals surface area contributed by atoms with E-state index >= 15 is 0 Å². The van der Waals surface area contributed by atoms with Crippen molar-refractivity contribution < 1.29 is 22.8 Å². The van der Waals surface area contributed by atoms with Crippen LogP contribution in [0.2, 0.25) is 0 Å². The van der Waals surface area contributed by atoms with Gasteiger partial charge in [0.25, 0.3) is 0 Å². The quantitative estimate of drug-likeness (QED) is 0.866. The van der Waals surface area contributed by atoms with E-state index in [0.717, 1.165) is 23.2 Å². The van der Waals surface area contributed by atoms with Crippen molar-refractivity contribution in [3.05, 3.63) is 40.6 Å². The number of hydrogen-bond acceptors (Lipinski definition) is 5. The Balaban J connectivity index is 1.96. The Morgan fingerprint density at radius 2 is 2.04 bits per heavy atom. The van der Waals surface area contributed by atoms with E-state index in [0.29, 0.717) is 5.69 Å². The first-order valence-corrected chi connectivity index (χ1v) is 7.18. The molecule has 2 aromatic rings. The fourth-order valence-corrected chi connectivity index (χ4v) is 2.17. The Morgan fingerprint density at radius 1 is 1.30 bits per heavy atom. The number of thiazole rings is 1. The molecule has 0 saturated carbocycles. The molecule has 1 N–H and O–H groups in total. The fraction of sp³-hybridized carbons (Fsp3) is 0.231. The number of anilines is 1. The predicted octanol–water partition coefficient (Wildman–Crippen LogP) is 2.15. The van der Waals surface area contributed by atoms with Gasteiger partial charge in [0.15, 0.2) is 0 Å². The lowest BCUT2D eigenvalue weighted by Crippen LogP contribution is -2.36. The van der Waals surface area contributed by atoms with Crippen molar-refractivity contribution in [1.29, 1.82) is 0 Å². The number of pyridine rings is 1. The summed E-state index contributed by atoms with van der Waals surface area (Å²) in [4.78, 5) is 32.0. The first-order chi connectivity index (χ1) is 10.8. The molecule has 23 heavy (non-hydrogen) atoms. The standard InChI is InChI=1S/C13H11F3N4O2S/c1-20(5-9-6-23-7-18-9)12(22)11(21)19-8-2-3-10(17-4-8)13(14,15)16/h2-4,6-7H,5H2,1H3,(H,19,21). The first kappa shape index (κ1) is 16.9. The summed E-state index contributed by atoms with van der Waals surface area (Å²) in [6, 6.07) is 1.75. The van der Waals surface area contributed by atoms with E-state index in [2.05, 4.69) is 15.3 Å². The third-order valence-electron chi connectivity index (χ3n) is 2.74. The molecule has 0 radical (unpaired) electrons. The van der Waals surface area contributed by atoms with Gasteiger partial charge in [-0.05, 0) is 12.1 Å². The summed E-state index contributed by atoms with van der Waals surface area (Å²) in [7, 11) is 1.42. The number of nitrogens with zero attached hydrogens (tertiary/aromatic N) is 3. The summed E-state index contributed by atoms with van der Waals surface area (Å²) in [5.41, 5.74) is 1.15. The Hall–Kier alpha value is -2.49. The van der Waals surface area contributed by atoms with Crippen LogP contribution in [0.1, 0.15) is 11.4 Å². The average Bonchev–Trinajstić information content (AvgIpc) is 2.98. The number of carbonyl (C=O) groups is 2. The van der Waals surface area contributed by atoms with Crippen LogP contribution in [0.4, 0.5) is 18.9 Å². The molecule has 0 aromatic carbocycles. The molecule has 0 aliphatic heterocycles. The van der Waals surface area contributed by atoms with Crippen LogP contribution >= 0.6 is 11.3 Å². The van der Waals surface area contributed by atoms with Gasteiger partial charge in [0.05, 0.1) is 29.6 Å². The Labute approximate surface area is 133 Å². The van der Waals surface area contributed by atoms with Gasteiger partial charge in [-0.15, -0.1) is 11.3 Å². The number of alkyl halides is 3. The number of nitrogens with one attached hydrogen (secondary N) is 1. The number of rotatable bonds is 3. The Kier molecular flexibility index (Phi) is 4.94. The molecule has 6 nitrogen and oxygen atoms in total. The second-order valence-electron chi connectivity index (χ2n) is 4.52. The van der Waals surface area contributed by atoms with E-state index in [1.54, 1.807) is 10.9 Å². The maximum absolute atomic E-state index is 12.4. The zero-order chi connectivity index (χ0) is 17.0. The maximum atomic E-state index is 12.4. The largest absolute Gasteiger partial charge is 0.433 e. The molecule has 0 atom stereocenters. The van der Waals surface area contributed by atoms with Gasteiger partial charge in [0.2, 0.25) is 0 Å². The lowest BCUT2D eigenvalue weighted by Gasteiger charge is -2.15. The monoisotopic (exact) mass is 344 g/mol. The van der Waals surface area contributed by atoms with Gasteiger partial charge in [-0.3, -0.25) is 9.59 Å². The highest BCUT2D eigenvalue weighted by Gasteiger charge is 2.32. The van der Waals surface area contributed by atoms with Crippen molar-refractivity contribution in [3.63, 3.8) is 0 Å². The van der Waals surface area contributed by atoms with Gasteiger partial charge in [-0.1, -0.05) is 0 Å². The third kappa shape index (κ3) is 4.49. The zero-order valence-electron chi connectivity index (χ0n) is 11.8. The minimum absolute atomic E-state index is 0.00147. The Morgan fingerprint density at radius 3 is 2.57 bits per heavy atom.